The van der Waals surface area contributed by atoms with Crippen LogP contribution in [-0.4, -0.2) is 39.4 Å². The number of fused-ring (bicyclic) bond motifs is 1. The third-order valence-electron chi connectivity index (χ3n) is 5.00. The van der Waals surface area contributed by atoms with Crippen LogP contribution in [0.1, 0.15) is 26.2 Å². The van der Waals surface area contributed by atoms with Crippen molar-refractivity contribution in [1.29, 1.82) is 0 Å². The van der Waals surface area contributed by atoms with E-state index in [1.807, 2.05) is 16.7 Å². The molecule has 0 atom stereocenters. The number of rotatable bonds is 8. The summed E-state index contributed by atoms with van der Waals surface area (Å²) in [5, 5.41) is 0.632. The van der Waals surface area contributed by atoms with Gasteiger partial charge in [-0.3, -0.25) is 13.8 Å². The standard InChI is InChI=1S/C21H23ClFN3O3/c1-2-3-4-9-25-19(29-14-21(23)12-28-13-21)10-18(27)26-11-17(24-20(25)26)15-5-7-16(22)8-6-15/h5-8,10-11H,2-4,9,12-14H2,1H3. The molecular weight excluding hydrogens is 397 g/mol. The molecule has 0 aliphatic carbocycles. The second-order valence-corrected chi connectivity index (χ2v) is 7.85. The number of hydrogen-bond donors (Lipinski definition) is 0. The van der Waals surface area contributed by atoms with Crippen LogP contribution in [0, 0.1) is 0 Å². The molecule has 0 amide bonds. The molecule has 0 bridgehead atoms. The van der Waals surface area contributed by atoms with Crippen molar-refractivity contribution < 1.29 is 13.9 Å². The lowest BCUT2D eigenvalue weighted by Crippen LogP contribution is -2.50. The van der Waals surface area contributed by atoms with Gasteiger partial charge in [0, 0.05) is 23.3 Å². The molecule has 29 heavy (non-hydrogen) atoms. The monoisotopic (exact) mass is 419 g/mol. The highest BCUT2D eigenvalue weighted by Crippen LogP contribution is 2.26. The Balaban J connectivity index is 1.74. The lowest BCUT2D eigenvalue weighted by Gasteiger charge is -2.33. The largest absolute Gasteiger partial charge is 0.475 e. The average molecular weight is 420 g/mol. The predicted octanol–water partition coefficient (Wildman–Crippen LogP) is 4.12. The number of alkyl halides is 1. The van der Waals surface area contributed by atoms with Gasteiger partial charge in [-0.05, 0) is 18.6 Å². The summed E-state index contributed by atoms with van der Waals surface area (Å²) in [7, 11) is 0. The molecule has 8 heteroatoms. The number of imidazole rings is 1. The Hall–Kier alpha value is -2.38. The van der Waals surface area contributed by atoms with Gasteiger partial charge in [0.1, 0.15) is 6.61 Å². The van der Waals surface area contributed by atoms with Crippen LogP contribution in [0.4, 0.5) is 4.39 Å². The summed E-state index contributed by atoms with van der Waals surface area (Å²) < 4.78 is 28.4. The molecule has 1 aromatic carbocycles. The Kier molecular flexibility index (Phi) is 5.61. The molecule has 1 aliphatic rings. The van der Waals surface area contributed by atoms with Crippen LogP contribution in [0.25, 0.3) is 17.0 Å². The van der Waals surface area contributed by atoms with E-state index in [2.05, 4.69) is 11.9 Å². The molecule has 0 N–H and O–H groups in total. The van der Waals surface area contributed by atoms with Gasteiger partial charge in [-0.15, -0.1) is 0 Å². The second-order valence-electron chi connectivity index (χ2n) is 7.41. The normalized spacial score (nSPS) is 15.4. The van der Waals surface area contributed by atoms with Gasteiger partial charge < -0.3 is 9.47 Å². The molecule has 1 saturated heterocycles. The van der Waals surface area contributed by atoms with Crippen molar-refractivity contribution in [2.24, 2.45) is 0 Å². The summed E-state index contributed by atoms with van der Waals surface area (Å²) in [6, 6.07) is 8.68. The molecule has 3 aromatic rings. The van der Waals surface area contributed by atoms with E-state index >= 15 is 0 Å². The van der Waals surface area contributed by atoms with E-state index in [0.717, 1.165) is 24.8 Å². The van der Waals surface area contributed by atoms with Gasteiger partial charge in [0.25, 0.3) is 5.56 Å². The van der Waals surface area contributed by atoms with Crippen molar-refractivity contribution in [2.75, 3.05) is 19.8 Å². The summed E-state index contributed by atoms with van der Waals surface area (Å²) in [5.74, 6) is 0.808. The number of hydrogen-bond acceptors (Lipinski definition) is 4. The highest BCUT2D eigenvalue weighted by Gasteiger charge is 2.40. The molecule has 0 unspecified atom stereocenters. The minimum Gasteiger partial charge on any atom is -0.475 e. The van der Waals surface area contributed by atoms with E-state index in [1.54, 1.807) is 18.3 Å². The van der Waals surface area contributed by atoms with Gasteiger partial charge in [-0.2, -0.15) is 0 Å². The maximum atomic E-state index is 14.3. The van der Waals surface area contributed by atoms with Crippen LogP contribution in [0.3, 0.4) is 0 Å². The van der Waals surface area contributed by atoms with E-state index in [0.29, 0.717) is 28.9 Å². The smallest absolute Gasteiger partial charge is 0.262 e. The van der Waals surface area contributed by atoms with Crippen LogP contribution < -0.4 is 10.3 Å². The van der Waals surface area contributed by atoms with Crippen molar-refractivity contribution >= 4 is 17.4 Å². The van der Waals surface area contributed by atoms with Gasteiger partial charge in [-0.25, -0.2) is 9.37 Å². The number of aromatic nitrogens is 3. The quantitative estimate of drug-likeness (QED) is 0.515. The first-order chi connectivity index (χ1) is 14.0. The van der Waals surface area contributed by atoms with E-state index in [1.165, 1.54) is 10.5 Å². The molecule has 4 rings (SSSR count). The number of ether oxygens (including phenoxy) is 2. The number of benzene rings is 1. The number of aryl methyl sites for hydroxylation is 1. The minimum atomic E-state index is -1.50. The summed E-state index contributed by atoms with van der Waals surface area (Å²) >= 11 is 5.97. The van der Waals surface area contributed by atoms with Gasteiger partial charge in [0.2, 0.25) is 11.7 Å². The molecule has 0 saturated carbocycles. The Morgan fingerprint density at radius 2 is 2.03 bits per heavy atom. The van der Waals surface area contributed by atoms with Crippen LogP contribution in [-0.2, 0) is 11.3 Å². The van der Waals surface area contributed by atoms with Gasteiger partial charge in [0.15, 0.2) is 5.67 Å². The van der Waals surface area contributed by atoms with Crippen LogP contribution in [0.5, 0.6) is 5.88 Å². The summed E-state index contributed by atoms with van der Waals surface area (Å²) in [6.45, 7) is 2.62. The van der Waals surface area contributed by atoms with E-state index < -0.39 is 5.67 Å². The first-order valence-electron chi connectivity index (χ1n) is 9.77. The molecular formula is C21H23ClFN3O3. The van der Waals surface area contributed by atoms with Crippen molar-refractivity contribution in [2.45, 2.75) is 38.4 Å². The fraction of sp³-hybridized carbons (Fsp3) is 0.429. The third-order valence-corrected chi connectivity index (χ3v) is 5.26. The Morgan fingerprint density at radius 3 is 2.69 bits per heavy atom. The number of halogens is 2. The fourth-order valence-electron chi connectivity index (χ4n) is 3.29. The fourth-order valence-corrected chi connectivity index (χ4v) is 3.42. The Bertz CT molecular complexity index is 1060. The zero-order valence-electron chi connectivity index (χ0n) is 16.2. The Labute approximate surface area is 172 Å². The maximum absolute atomic E-state index is 14.3. The van der Waals surface area contributed by atoms with E-state index in [4.69, 9.17) is 21.1 Å². The van der Waals surface area contributed by atoms with E-state index in [9.17, 15) is 9.18 Å². The zero-order chi connectivity index (χ0) is 20.4. The van der Waals surface area contributed by atoms with E-state index in [-0.39, 0.29) is 25.4 Å². The average Bonchev–Trinajstić information content (AvgIpc) is 3.13. The lowest BCUT2D eigenvalue weighted by molar-refractivity contribution is -0.146. The SMILES string of the molecule is CCCCCn1c(OCC2(F)COC2)cc(=O)n2cc(-c3ccc(Cl)cc3)nc12. The highest BCUT2D eigenvalue weighted by molar-refractivity contribution is 6.30. The third kappa shape index (κ3) is 4.16. The molecule has 1 aliphatic heterocycles. The molecule has 1 fully saturated rings. The van der Waals surface area contributed by atoms with Crippen LogP contribution in [0.15, 0.2) is 41.3 Å². The second kappa shape index (κ2) is 8.16. The molecule has 6 nitrogen and oxygen atoms in total. The van der Waals surface area contributed by atoms with Crippen molar-refractivity contribution in [3.05, 3.63) is 51.9 Å². The van der Waals surface area contributed by atoms with Gasteiger partial charge >= 0.3 is 0 Å². The summed E-state index contributed by atoms with van der Waals surface area (Å²) in [4.78, 5) is 17.4. The first kappa shape index (κ1) is 19.9. The van der Waals surface area contributed by atoms with Crippen molar-refractivity contribution in [1.82, 2.24) is 14.0 Å². The highest BCUT2D eigenvalue weighted by atomic mass is 35.5. The first-order valence-corrected chi connectivity index (χ1v) is 10.2. The van der Waals surface area contributed by atoms with Gasteiger partial charge in [0.05, 0.1) is 25.0 Å². The number of nitrogens with zero attached hydrogens (tertiary/aromatic N) is 3. The van der Waals surface area contributed by atoms with Crippen molar-refractivity contribution in [3.63, 3.8) is 0 Å². The Morgan fingerprint density at radius 1 is 1.28 bits per heavy atom. The number of unbranched alkanes of at least 4 members (excludes halogenated alkanes) is 2. The molecule has 0 spiro atoms. The minimum absolute atomic E-state index is 0.0133. The predicted molar refractivity (Wildman–Crippen MR) is 110 cm³/mol. The van der Waals surface area contributed by atoms with Crippen LogP contribution in [0.2, 0.25) is 5.02 Å². The van der Waals surface area contributed by atoms with Crippen LogP contribution >= 0.6 is 11.6 Å². The lowest BCUT2D eigenvalue weighted by atomic mass is 10.1. The van der Waals surface area contributed by atoms with Crippen molar-refractivity contribution in [3.8, 4) is 17.1 Å². The molecule has 154 valence electrons. The topological polar surface area (TPSA) is 57.8 Å². The molecule has 0 radical (unpaired) electrons. The molecule has 3 heterocycles. The summed E-state index contributed by atoms with van der Waals surface area (Å²) in [6.07, 6.45) is 4.70. The summed E-state index contributed by atoms with van der Waals surface area (Å²) in [5.41, 5.74) is -0.253. The molecule has 2 aromatic heterocycles. The van der Waals surface area contributed by atoms with Gasteiger partial charge in [-0.1, -0.05) is 43.5 Å². The zero-order valence-corrected chi connectivity index (χ0v) is 17.0. The maximum Gasteiger partial charge on any atom is 0.262 e.